The quantitative estimate of drug-likeness (QED) is 0.0264. The van der Waals surface area contributed by atoms with Gasteiger partial charge in [0.15, 0.2) is 0 Å². The Kier molecular flexibility index (Phi) is 51.6. The summed E-state index contributed by atoms with van der Waals surface area (Å²) in [6, 6.07) is 0.911. The zero-order chi connectivity index (χ0) is 46.1. The molecule has 376 valence electrons. The molecular weight excluding hydrogens is 812 g/mol. The maximum Gasteiger partial charge on any atom is 0.0945 e. The molecule has 0 aliphatic carbocycles. The molecule has 0 saturated heterocycles. The van der Waals surface area contributed by atoms with Crippen LogP contribution >= 0.6 is 7.26 Å². The van der Waals surface area contributed by atoms with Crippen molar-refractivity contribution in [2.75, 3.05) is 30.4 Å². The first-order chi connectivity index (χ1) is 29.9. The van der Waals surface area contributed by atoms with E-state index in [-0.39, 0.29) is 5.75 Å². The highest BCUT2D eigenvalue weighted by atomic mass is 32.2. The van der Waals surface area contributed by atoms with Gasteiger partial charge in [-0.1, -0.05) is 272 Å². The lowest BCUT2D eigenvalue weighted by Crippen LogP contribution is -2.20. The number of hydrogen-bond donors (Lipinski definition) is 0. The van der Waals surface area contributed by atoms with Crippen molar-refractivity contribution in [3.05, 3.63) is 0 Å². The van der Waals surface area contributed by atoms with Crippen LogP contribution in [-0.2, 0) is 10.1 Å². The Bertz CT molecular complexity index is 892. The lowest BCUT2D eigenvalue weighted by Gasteiger charge is -2.28. The first kappa shape index (κ1) is 64.6. The highest BCUT2D eigenvalue weighted by molar-refractivity contribution is 7.85. The lowest BCUT2D eigenvalue weighted by atomic mass is 10.1. The average Bonchev–Trinajstić information content (AvgIpc) is 3.22. The number of rotatable bonds is 50. The Morgan fingerprint density at radius 2 is 0.484 bits per heavy atom. The maximum atomic E-state index is 10.2. The summed E-state index contributed by atoms with van der Waals surface area (Å²) in [5.74, 6) is -0.197. The Hall–Kier alpha value is 0.557. The molecule has 0 spiro atoms. The zero-order valence-electron chi connectivity index (χ0n) is 44.2. The molecule has 0 amide bonds. The summed E-state index contributed by atoms with van der Waals surface area (Å²) >= 11 is 0. The summed E-state index contributed by atoms with van der Waals surface area (Å²) in [5, 5.41) is 0. The third-order valence-corrected chi connectivity index (χ3v) is 21.5. The summed E-state index contributed by atoms with van der Waals surface area (Å²) in [4.78, 5) is 0. The van der Waals surface area contributed by atoms with Crippen molar-refractivity contribution in [3.8, 4) is 0 Å². The minimum Gasteiger partial charge on any atom is -0.748 e. The molecule has 6 heteroatoms. The largest absolute Gasteiger partial charge is 0.748 e. The van der Waals surface area contributed by atoms with Gasteiger partial charge in [0, 0.05) is 21.1 Å². The Balaban J connectivity index is 0. The van der Waals surface area contributed by atoms with Crippen LogP contribution in [0.3, 0.4) is 0 Å². The second-order valence-corrected chi connectivity index (χ2v) is 33.2. The van der Waals surface area contributed by atoms with Crippen LogP contribution in [0.25, 0.3) is 0 Å². The molecule has 0 atom stereocenters. The smallest absolute Gasteiger partial charge is 0.0945 e. The van der Waals surface area contributed by atoms with Gasteiger partial charge in [0.1, 0.15) is 0 Å². The standard InChI is InChI=1S/C50H104P.C6H16O3SSi/c1-5-9-13-17-21-25-29-30-34-38-42-46-50-51(47-43-39-35-31-26-22-18-14-10-6-2,48-44-40-36-32-27-23-19-15-11-7-3)49-45-41-37-33-28-24-20-16-12-8-4;1-11(2,3)6-4-5-10(7,8)9/h5-50H2,1-4H3;4-6H2,1-3H3,(H,7,8,9)/q+1;/p-1. The minimum absolute atomic E-state index is 0.197. The molecule has 0 N–H and O–H groups in total. The predicted molar refractivity (Wildman–Crippen MR) is 290 cm³/mol. The molecule has 0 radical (unpaired) electrons. The van der Waals surface area contributed by atoms with Crippen molar-refractivity contribution in [1.29, 1.82) is 0 Å². The van der Waals surface area contributed by atoms with E-state index in [1.54, 1.807) is 50.3 Å². The van der Waals surface area contributed by atoms with Gasteiger partial charge in [-0.25, -0.2) is 8.42 Å². The van der Waals surface area contributed by atoms with E-state index in [2.05, 4.69) is 47.3 Å². The van der Waals surface area contributed by atoms with E-state index in [4.69, 9.17) is 0 Å². The second-order valence-electron chi connectivity index (χ2n) is 21.6. The van der Waals surface area contributed by atoms with Gasteiger partial charge in [0.25, 0.3) is 0 Å². The first-order valence-corrected chi connectivity index (χ1v) is 36.5. The SMILES string of the molecule is CCCCCCCCCCCCCC[P+](CCCCCCCCCCCC)(CCCCCCCCCCCC)CCCCCCCCCCCC.C[Si](C)(C)CCCS(=O)(=O)[O-]. The number of unbranched alkanes of at least 4 members (excludes halogenated alkanes) is 38. The zero-order valence-corrected chi connectivity index (χ0v) is 46.9. The Morgan fingerprint density at radius 1 is 0.306 bits per heavy atom. The van der Waals surface area contributed by atoms with E-state index in [0.29, 0.717) is 6.42 Å². The van der Waals surface area contributed by atoms with Crippen LogP contribution in [-0.4, -0.2) is 51.4 Å². The van der Waals surface area contributed by atoms with Crippen LogP contribution < -0.4 is 0 Å². The van der Waals surface area contributed by atoms with E-state index in [9.17, 15) is 13.0 Å². The molecular formula is C56H119O3PSSi. The van der Waals surface area contributed by atoms with Crippen LogP contribution in [0.2, 0.25) is 25.7 Å². The molecule has 0 aromatic heterocycles. The summed E-state index contributed by atoms with van der Waals surface area (Å²) in [5.41, 5.74) is 0. The van der Waals surface area contributed by atoms with Crippen LogP contribution in [0.15, 0.2) is 0 Å². The summed E-state index contributed by atoms with van der Waals surface area (Å²) in [7, 11) is -5.93. The fourth-order valence-electron chi connectivity index (χ4n) is 9.54. The molecule has 0 bridgehead atoms. The van der Waals surface area contributed by atoms with Crippen LogP contribution in [0.1, 0.15) is 304 Å². The molecule has 0 unspecified atom stereocenters. The van der Waals surface area contributed by atoms with Crippen molar-refractivity contribution in [1.82, 2.24) is 0 Å². The van der Waals surface area contributed by atoms with Crippen molar-refractivity contribution in [2.24, 2.45) is 0 Å². The Labute approximate surface area is 396 Å². The van der Waals surface area contributed by atoms with Gasteiger partial charge in [-0.05, 0) is 57.8 Å². The van der Waals surface area contributed by atoms with Crippen molar-refractivity contribution in [2.45, 2.75) is 329 Å². The molecule has 0 saturated carbocycles. The third-order valence-electron chi connectivity index (χ3n) is 13.8. The highest BCUT2D eigenvalue weighted by Gasteiger charge is 2.35. The summed E-state index contributed by atoms with van der Waals surface area (Å²) in [6.07, 6.45) is 69.8. The minimum atomic E-state index is -3.97. The average molecular weight is 932 g/mol. The molecule has 0 rings (SSSR count). The molecule has 0 aliphatic rings. The molecule has 0 aromatic rings. The second kappa shape index (κ2) is 49.5. The number of hydrogen-bond acceptors (Lipinski definition) is 3. The normalized spacial score (nSPS) is 12.3. The van der Waals surface area contributed by atoms with Gasteiger partial charge in [0.05, 0.1) is 34.8 Å². The van der Waals surface area contributed by atoms with E-state index >= 15 is 0 Å². The molecule has 62 heavy (non-hydrogen) atoms. The van der Waals surface area contributed by atoms with Gasteiger partial charge in [-0.2, -0.15) is 0 Å². The lowest BCUT2D eigenvalue weighted by molar-refractivity contribution is 0.462. The third kappa shape index (κ3) is 54.9. The van der Waals surface area contributed by atoms with Gasteiger partial charge in [0.2, 0.25) is 0 Å². The molecule has 0 aromatic carbocycles. The summed E-state index contributed by atoms with van der Waals surface area (Å²) < 4.78 is 30.5. The van der Waals surface area contributed by atoms with Crippen LogP contribution in [0, 0.1) is 0 Å². The molecule has 0 heterocycles. The Morgan fingerprint density at radius 3 is 0.645 bits per heavy atom. The van der Waals surface area contributed by atoms with Crippen molar-refractivity contribution in [3.63, 3.8) is 0 Å². The van der Waals surface area contributed by atoms with E-state index in [1.807, 2.05) is 0 Å². The van der Waals surface area contributed by atoms with Gasteiger partial charge >= 0.3 is 0 Å². The fourth-order valence-corrected chi connectivity index (χ4v) is 16.5. The predicted octanol–water partition coefficient (Wildman–Crippen LogP) is 20.7. The van der Waals surface area contributed by atoms with Crippen LogP contribution in [0.5, 0.6) is 0 Å². The highest BCUT2D eigenvalue weighted by Crippen LogP contribution is 2.61. The topological polar surface area (TPSA) is 57.2 Å². The van der Waals surface area contributed by atoms with Crippen LogP contribution in [0.4, 0.5) is 0 Å². The fraction of sp³-hybridized carbons (Fsp3) is 1.00. The van der Waals surface area contributed by atoms with Gasteiger partial charge in [-0.15, -0.1) is 0 Å². The van der Waals surface area contributed by atoms with E-state index in [1.165, 1.54) is 244 Å². The van der Waals surface area contributed by atoms with E-state index in [0.717, 1.165) is 6.04 Å². The van der Waals surface area contributed by atoms with E-state index < -0.39 is 25.5 Å². The monoisotopic (exact) mass is 931 g/mol. The molecule has 0 aliphatic heterocycles. The maximum absolute atomic E-state index is 10.2. The van der Waals surface area contributed by atoms with Gasteiger partial charge < -0.3 is 4.55 Å². The van der Waals surface area contributed by atoms with Gasteiger partial charge in [-0.3, -0.25) is 0 Å². The van der Waals surface area contributed by atoms with Crippen molar-refractivity contribution >= 4 is 25.5 Å². The molecule has 0 fully saturated rings. The molecule has 3 nitrogen and oxygen atoms in total. The van der Waals surface area contributed by atoms with Crippen molar-refractivity contribution < 1.29 is 13.0 Å². The first-order valence-electron chi connectivity index (χ1n) is 28.7. The summed E-state index contributed by atoms with van der Waals surface area (Å²) in [6.45, 7) is 15.8.